The zero-order valence-electron chi connectivity index (χ0n) is 13.4. The number of nitrogens with zero attached hydrogens (tertiary/aromatic N) is 3. The molecule has 1 fully saturated rings. The Morgan fingerprint density at radius 1 is 1.29 bits per heavy atom. The monoisotopic (exact) mass is 330 g/mol. The molecule has 0 bridgehead atoms. The fourth-order valence-electron chi connectivity index (χ4n) is 2.57. The molecule has 0 spiro atoms. The summed E-state index contributed by atoms with van der Waals surface area (Å²) in [6, 6.07) is 7.61. The van der Waals surface area contributed by atoms with Crippen molar-refractivity contribution in [2.75, 3.05) is 18.4 Å². The Kier molecular flexibility index (Phi) is 4.88. The van der Waals surface area contributed by atoms with Gasteiger partial charge in [-0.2, -0.15) is 0 Å². The Morgan fingerprint density at radius 2 is 2.00 bits per heavy atom. The van der Waals surface area contributed by atoms with E-state index < -0.39 is 5.82 Å². The van der Waals surface area contributed by atoms with Crippen LogP contribution in [0, 0.1) is 12.7 Å². The smallest absolute Gasteiger partial charge is 0.321 e. The van der Waals surface area contributed by atoms with Crippen LogP contribution in [0.4, 0.5) is 14.9 Å². The molecule has 1 saturated heterocycles. The molecule has 1 N–H and O–H groups in total. The number of likely N-dealkylation sites (tertiary alicyclic amines) is 1. The number of carbonyl (C=O) groups excluding carboxylic acids is 1. The average molecular weight is 330 g/mol. The van der Waals surface area contributed by atoms with Crippen molar-refractivity contribution in [3.8, 4) is 6.01 Å². The summed E-state index contributed by atoms with van der Waals surface area (Å²) in [5, 5.41) is 2.88. The molecule has 2 amide bonds. The molecule has 1 aromatic carbocycles. The SMILES string of the molecule is Cc1ccc(NC(=O)N2CCCC(Oc3ncc(F)cn3)C2)cc1. The predicted octanol–water partition coefficient (Wildman–Crippen LogP) is 3.00. The second-order valence-electron chi connectivity index (χ2n) is 5.81. The van der Waals surface area contributed by atoms with Crippen molar-refractivity contribution in [3.63, 3.8) is 0 Å². The first-order valence-corrected chi connectivity index (χ1v) is 7.87. The lowest BCUT2D eigenvalue weighted by molar-refractivity contribution is 0.0981. The highest BCUT2D eigenvalue weighted by Crippen LogP contribution is 2.17. The third-order valence-corrected chi connectivity index (χ3v) is 3.84. The number of rotatable bonds is 3. The van der Waals surface area contributed by atoms with E-state index in [1.807, 2.05) is 31.2 Å². The maximum atomic E-state index is 12.8. The van der Waals surface area contributed by atoms with E-state index in [2.05, 4.69) is 15.3 Å². The standard InChI is InChI=1S/C17H19FN4O2/c1-12-4-6-14(7-5-12)21-17(23)22-8-2-3-15(11-22)24-16-19-9-13(18)10-20-16/h4-7,9-10,15H,2-3,8,11H2,1H3,(H,21,23). The second kappa shape index (κ2) is 7.25. The van der Waals surface area contributed by atoms with Crippen LogP contribution in [0.2, 0.25) is 0 Å². The minimum atomic E-state index is -0.509. The number of nitrogens with one attached hydrogen (secondary N) is 1. The number of benzene rings is 1. The van der Waals surface area contributed by atoms with Gasteiger partial charge in [0.15, 0.2) is 5.82 Å². The molecule has 0 saturated carbocycles. The number of amides is 2. The summed E-state index contributed by atoms with van der Waals surface area (Å²) in [5.41, 5.74) is 1.90. The fourth-order valence-corrected chi connectivity index (χ4v) is 2.57. The van der Waals surface area contributed by atoms with E-state index in [0.717, 1.165) is 36.5 Å². The average Bonchev–Trinajstić information content (AvgIpc) is 2.59. The van der Waals surface area contributed by atoms with Crippen LogP contribution in [0.15, 0.2) is 36.7 Å². The van der Waals surface area contributed by atoms with Crippen molar-refractivity contribution in [3.05, 3.63) is 48.0 Å². The minimum absolute atomic E-state index is 0.127. The van der Waals surface area contributed by atoms with Crippen molar-refractivity contribution < 1.29 is 13.9 Å². The first-order chi connectivity index (χ1) is 11.6. The number of aromatic nitrogens is 2. The number of piperidine rings is 1. The first-order valence-electron chi connectivity index (χ1n) is 7.87. The molecule has 24 heavy (non-hydrogen) atoms. The molecule has 1 atom stereocenters. The van der Waals surface area contributed by atoms with Gasteiger partial charge in [-0.25, -0.2) is 19.2 Å². The fraction of sp³-hybridized carbons (Fsp3) is 0.353. The summed E-state index contributed by atoms with van der Waals surface area (Å²) in [6.45, 7) is 3.11. The van der Waals surface area contributed by atoms with Crippen molar-refractivity contribution in [1.29, 1.82) is 0 Å². The largest absolute Gasteiger partial charge is 0.458 e. The number of aryl methyl sites for hydroxylation is 1. The molecule has 1 unspecified atom stereocenters. The Hall–Kier alpha value is -2.70. The first kappa shape index (κ1) is 16.2. The van der Waals surface area contributed by atoms with Crippen LogP contribution >= 0.6 is 0 Å². The number of hydrogen-bond acceptors (Lipinski definition) is 4. The van der Waals surface area contributed by atoms with Gasteiger partial charge in [0.1, 0.15) is 6.10 Å². The van der Waals surface area contributed by atoms with Gasteiger partial charge in [-0.15, -0.1) is 0 Å². The van der Waals surface area contributed by atoms with Crippen molar-refractivity contribution >= 4 is 11.7 Å². The summed E-state index contributed by atoms with van der Waals surface area (Å²) in [6.07, 6.45) is 3.55. The molecule has 1 aliphatic heterocycles. The summed E-state index contributed by atoms with van der Waals surface area (Å²) in [5.74, 6) is -0.509. The Bertz CT molecular complexity index is 691. The van der Waals surface area contributed by atoms with Gasteiger partial charge in [-0.1, -0.05) is 17.7 Å². The molecule has 126 valence electrons. The van der Waals surface area contributed by atoms with Gasteiger partial charge in [-0.05, 0) is 31.9 Å². The molecule has 3 rings (SSSR count). The predicted molar refractivity (Wildman–Crippen MR) is 87.4 cm³/mol. The zero-order chi connectivity index (χ0) is 16.9. The Labute approximate surface area is 139 Å². The quantitative estimate of drug-likeness (QED) is 0.939. The normalized spacial score (nSPS) is 17.4. The van der Waals surface area contributed by atoms with Crippen molar-refractivity contribution in [1.82, 2.24) is 14.9 Å². The summed E-state index contributed by atoms with van der Waals surface area (Å²) >= 11 is 0. The van der Waals surface area contributed by atoms with Crippen LogP contribution < -0.4 is 10.1 Å². The van der Waals surface area contributed by atoms with Crippen molar-refractivity contribution in [2.45, 2.75) is 25.9 Å². The van der Waals surface area contributed by atoms with Gasteiger partial charge in [0.05, 0.1) is 18.9 Å². The number of urea groups is 1. The number of anilines is 1. The minimum Gasteiger partial charge on any atom is -0.458 e. The lowest BCUT2D eigenvalue weighted by atomic mass is 10.1. The molecule has 6 nitrogen and oxygen atoms in total. The van der Waals surface area contributed by atoms with E-state index in [4.69, 9.17) is 4.74 Å². The van der Waals surface area contributed by atoms with Crippen LogP contribution in [0.5, 0.6) is 6.01 Å². The molecule has 0 aliphatic carbocycles. The van der Waals surface area contributed by atoms with Gasteiger partial charge < -0.3 is 15.0 Å². The van der Waals surface area contributed by atoms with E-state index >= 15 is 0 Å². The highest BCUT2D eigenvalue weighted by atomic mass is 19.1. The van der Waals surface area contributed by atoms with Crippen molar-refractivity contribution in [2.24, 2.45) is 0 Å². The molecular weight excluding hydrogens is 311 g/mol. The van der Waals surface area contributed by atoms with E-state index in [9.17, 15) is 9.18 Å². The maximum Gasteiger partial charge on any atom is 0.321 e. The molecule has 7 heteroatoms. The number of halogens is 1. The van der Waals surface area contributed by atoms with Crippen LogP contribution in [0.25, 0.3) is 0 Å². The summed E-state index contributed by atoms with van der Waals surface area (Å²) < 4.78 is 18.5. The third-order valence-electron chi connectivity index (χ3n) is 3.84. The van der Waals surface area contributed by atoms with Gasteiger partial charge in [0, 0.05) is 12.2 Å². The highest BCUT2D eigenvalue weighted by molar-refractivity contribution is 5.89. The lowest BCUT2D eigenvalue weighted by Gasteiger charge is -2.32. The van der Waals surface area contributed by atoms with E-state index in [-0.39, 0.29) is 18.1 Å². The molecule has 1 aliphatic rings. The molecule has 2 heterocycles. The summed E-state index contributed by atoms with van der Waals surface area (Å²) in [7, 11) is 0. The summed E-state index contributed by atoms with van der Waals surface area (Å²) in [4.78, 5) is 21.7. The van der Waals surface area contributed by atoms with Gasteiger partial charge in [0.25, 0.3) is 0 Å². The van der Waals surface area contributed by atoms with Crippen LogP contribution in [-0.2, 0) is 0 Å². The number of hydrogen-bond donors (Lipinski definition) is 1. The number of ether oxygens (including phenoxy) is 1. The second-order valence-corrected chi connectivity index (χ2v) is 5.81. The zero-order valence-corrected chi connectivity index (χ0v) is 13.4. The van der Waals surface area contributed by atoms with Crippen LogP contribution in [-0.4, -0.2) is 40.1 Å². The molecule has 2 aromatic rings. The van der Waals surface area contributed by atoms with Gasteiger partial charge in [-0.3, -0.25) is 0 Å². The Morgan fingerprint density at radius 3 is 2.71 bits per heavy atom. The van der Waals surface area contributed by atoms with Crippen LogP contribution in [0.3, 0.4) is 0 Å². The highest BCUT2D eigenvalue weighted by Gasteiger charge is 2.25. The van der Waals surface area contributed by atoms with E-state index in [0.29, 0.717) is 13.1 Å². The van der Waals surface area contributed by atoms with Crippen LogP contribution in [0.1, 0.15) is 18.4 Å². The topological polar surface area (TPSA) is 67.4 Å². The van der Waals surface area contributed by atoms with E-state index in [1.54, 1.807) is 4.90 Å². The maximum absolute atomic E-state index is 12.8. The Balaban J connectivity index is 1.57. The van der Waals surface area contributed by atoms with Gasteiger partial charge >= 0.3 is 12.0 Å². The molecular formula is C17H19FN4O2. The molecule has 0 radical (unpaired) electrons. The number of carbonyl (C=O) groups is 1. The lowest BCUT2D eigenvalue weighted by Crippen LogP contribution is -2.46. The molecule has 1 aromatic heterocycles. The van der Waals surface area contributed by atoms with Gasteiger partial charge in [0.2, 0.25) is 0 Å². The van der Waals surface area contributed by atoms with E-state index in [1.165, 1.54) is 0 Å². The third kappa shape index (κ3) is 4.18.